The van der Waals surface area contributed by atoms with E-state index in [4.69, 9.17) is 0 Å². The molecule has 1 amide bonds. The van der Waals surface area contributed by atoms with Crippen LogP contribution >= 0.6 is 12.4 Å². The highest BCUT2D eigenvalue weighted by Gasteiger charge is 2.19. The Morgan fingerprint density at radius 2 is 2.08 bits per heavy atom. The summed E-state index contributed by atoms with van der Waals surface area (Å²) >= 11 is 0. The number of halogens is 1. The van der Waals surface area contributed by atoms with E-state index in [1.54, 1.807) is 12.1 Å². The zero-order chi connectivity index (χ0) is 17.1. The molecule has 0 radical (unpaired) electrons. The summed E-state index contributed by atoms with van der Waals surface area (Å²) in [7, 11) is 0. The van der Waals surface area contributed by atoms with Crippen molar-refractivity contribution in [2.45, 2.75) is 39.3 Å². The quantitative estimate of drug-likeness (QED) is 0.850. The maximum atomic E-state index is 12.6. The molecule has 0 spiro atoms. The Bertz CT molecular complexity index is 797. The number of carbonyl (C=O) groups excluding carboxylic acids is 1. The molecule has 1 fully saturated rings. The second-order valence-electron chi connectivity index (χ2n) is 6.78. The van der Waals surface area contributed by atoms with Gasteiger partial charge in [0.1, 0.15) is 0 Å². The highest BCUT2D eigenvalue weighted by Crippen LogP contribution is 2.14. The minimum Gasteiger partial charge on any atom is -0.349 e. The topological polar surface area (TPSA) is 76.0 Å². The van der Waals surface area contributed by atoms with Crippen LogP contribution in [-0.2, 0) is 6.54 Å². The van der Waals surface area contributed by atoms with Gasteiger partial charge >= 0.3 is 0 Å². The van der Waals surface area contributed by atoms with Crippen molar-refractivity contribution in [3.05, 3.63) is 40.3 Å². The first-order chi connectivity index (χ1) is 11.6. The Morgan fingerprint density at radius 1 is 1.36 bits per heavy atom. The second-order valence-corrected chi connectivity index (χ2v) is 6.78. The summed E-state index contributed by atoms with van der Waals surface area (Å²) in [6.07, 6.45) is 2.21. The molecule has 7 heteroatoms. The van der Waals surface area contributed by atoms with Crippen molar-refractivity contribution in [3.8, 4) is 0 Å². The van der Waals surface area contributed by atoms with E-state index in [0.29, 0.717) is 35.6 Å². The molecule has 2 aromatic rings. The van der Waals surface area contributed by atoms with Gasteiger partial charge in [0.2, 0.25) is 0 Å². The Labute approximate surface area is 153 Å². The second kappa shape index (κ2) is 8.45. The fourth-order valence-electron chi connectivity index (χ4n) is 3.10. The molecule has 1 aliphatic heterocycles. The molecule has 136 valence electrons. The number of rotatable bonds is 5. The Kier molecular flexibility index (Phi) is 6.56. The minimum atomic E-state index is -0.225. The number of benzene rings is 1. The van der Waals surface area contributed by atoms with Gasteiger partial charge in [-0.05, 0) is 31.4 Å². The number of nitrogens with zero attached hydrogens (tertiary/aromatic N) is 2. The fraction of sp³-hybridized carbons (Fsp3) is 0.500. The van der Waals surface area contributed by atoms with Crippen LogP contribution in [0, 0.1) is 5.92 Å². The molecule has 3 rings (SSSR count). The van der Waals surface area contributed by atoms with Gasteiger partial charge in [-0.15, -0.1) is 12.4 Å². The monoisotopic (exact) mass is 364 g/mol. The van der Waals surface area contributed by atoms with Crippen LogP contribution in [-0.4, -0.2) is 34.8 Å². The van der Waals surface area contributed by atoms with Gasteiger partial charge in [-0.3, -0.25) is 9.59 Å². The van der Waals surface area contributed by atoms with E-state index in [0.717, 1.165) is 19.4 Å². The number of hydrogen-bond donors (Lipinski definition) is 2. The zero-order valence-corrected chi connectivity index (χ0v) is 15.4. The van der Waals surface area contributed by atoms with Crippen LogP contribution in [0.1, 0.15) is 37.2 Å². The van der Waals surface area contributed by atoms with Crippen LogP contribution in [0.3, 0.4) is 0 Å². The van der Waals surface area contributed by atoms with E-state index in [-0.39, 0.29) is 29.8 Å². The summed E-state index contributed by atoms with van der Waals surface area (Å²) in [6, 6.07) is 7.50. The first-order valence-electron chi connectivity index (χ1n) is 8.57. The number of nitrogens with one attached hydrogen (secondary N) is 2. The van der Waals surface area contributed by atoms with E-state index in [2.05, 4.69) is 15.7 Å². The maximum absolute atomic E-state index is 12.6. The van der Waals surface area contributed by atoms with Crippen LogP contribution in [0.15, 0.2) is 29.1 Å². The van der Waals surface area contributed by atoms with Gasteiger partial charge in [0, 0.05) is 24.5 Å². The summed E-state index contributed by atoms with van der Waals surface area (Å²) in [5, 5.41) is 11.8. The van der Waals surface area contributed by atoms with Crippen LogP contribution < -0.4 is 16.2 Å². The summed E-state index contributed by atoms with van der Waals surface area (Å²) in [5.74, 6) is 0.0485. The maximum Gasteiger partial charge on any atom is 0.274 e. The van der Waals surface area contributed by atoms with Gasteiger partial charge in [-0.25, -0.2) is 4.68 Å². The van der Waals surface area contributed by atoms with Crippen molar-refractivity contribution in [2.75, 3.05) is 13.1 Å². The molecule has 25 heavy (non-hydrogen) atoms. The molecule has 1 aliphatic rings. The number of hydrogen-bond acceptors (Lipinski definition) is 4. The number of carbonyl (C=O) groups is 1. The van der Waals surface area contributed by atoms with Gasteiger partial charge in [-0.1, -0.05) is 32.0 Å². The Balaban J connectivity index is 0.00000225. The molecule has 1 aromatic carbocycles. The molecular weight excluding hydrogens is 340 g/mol. The summed E-state index contributed by atoms with van der Waals surface area (Å²) in [6.45, 7) is 6.12. The van der Waals surface area contributed by atoms with Crippen molar-refractivity contribution in [2.24, 2.45) is 5.92 Å². The molecule has 2 heterocycles. The van der Waals surface area contributed by atoms with Gasteiger partial charge in [0.05, 0.1) is 5.39 Å². The average molecular weight is 365 g/mol. The van der Waals surface area contributed by atoms with Crippen LogP contribution in [0.5, 0.6) is 0 Å². The predicted molar refractivity (Wildman–Crippen MR) is 101 cm³/mol. The minimum absolute atomic E-state index is 0. The van der Waals surface area contributed by atoms with E-state index < -0.39 is 0 Å². The predicted octanol–water partition coefficient (Wildman–Crippen LogP) is 1.96. The first-order valence-corrected chi connectivity index (χ1v) is 8.57. The number of amides is 1. The van der Waals surface area contributed by atoms with E-state index in [1.807, 2.05) is 26.0 Å². The third-order valence-electron chi connectivity index (χ3n) is 4.29. The van der Waals surface area contributed by atoms with Crippen molar-refractivity contribution < 1.29 is 4.79 Å². The highest BCUT2D eigenvalue weighted by atomic mass is 35.5. The third-order valence-corrected chi connectivity index (χ3v) is 4.29. The van der Waals surface area contributed by atoms with Crippen LogP contribution in [0.25, 0.3) is 10.8 Å². The molecule has 1 unspecified atom stereocenters. The normalized spacial score (nSPS) is 16.8. The summed E-state index contributed by atoms with van der Waals surface area (Å²) in [5.41, 5.74) is 0.178. The van der Waals surface area contributed by atoms with E-state index in [9.17, 15) is 9.59 Å². The Morgan fingerprint density at radius 3 is 2.72 bits per heavy atom. The fourth-order valence-corrected chi connectivity index (χ4v) is 3.10. The van der Waals surface area contributed by atoms with Gasteiger partial charge < -0.3 is 10.6 Å². The average Bonchev–Trinajstić information content (AvgIpc) is 3.08. The van der Waals surface area contributed by atoms with Crippen LogP contribution in [0.4, 0.5) is 0 Å². The molecule has 1 atom stereocenters. The molecule has 1 aromatic heterocycles. The molecule has 1 saturated heterocycles. The lowest BCUT2D eigenvalue weighted by atomic mass is 10.1. The van der Waals surface area contributed by atoms with Crippen molar-refractivity contribution in [1.82, 2.24) is 20.4 Å². The third kappa shape index (κ3) is 4.38. The van der Waals surface area contributed by atoms with E-state index >= 15 is 0 Å². The van der Waals surface area contributed by atoms with Gasteiger partial charge in [-0.2, -0.15) is 5.10 Å². The SMILES string of the molecule is CC(C)Cn1nc(C(=O)NCC2CCCN2)c2ccccc2c1=O.Cl. The molecule has 2 N–H and O–H groups in total. The lowest BCUT2D eigenvalue weighted by Crippen LogP contribution is -2.38. The lowest BCUT2D eigenvalue weighted by Gasteiger charge is -2.14. The number of fused-ring (bicyclic) bond motifs is 1. The first kappa shape index (κ1) is 19.4. The van der Waals surface area contributed by atoms with E-state index in [1.165, 1.54) is 4.68 Å². The zero-order valence-electron chi connectivity index (χ0n) is 14.6. The lowest BCUT2D eigenvalue weighted by molar-refractivity contribution is 0.0944. The molecular formula is C18H25ClN4O2. The molecule has 0 bridgehead atoms. The van der Waals surface area contributed by atoms with Gasteiger partial charge in [0.25, 0.3) is 11.5 Å². The summed E-state index contributed by atoms with van der Waals surface area (Å²) in [4.78, 5) is 25.2. The smallest absolute Gasteiger partial charge is 0.274 e. The largest absolute Gasteiger partial charge is 0.349 e. The van der Waals surface area contributed by atoms with Crippen molar-refractivity contribution in [1.29, 1.82) is 0 Å². The summed E-state index contributed by atoms with van der Waals surface area (Å²) < 4.78 is 1.41. The molecule has 0 aliphatic carbocycles. The molecule has 6 nitrogen and oxygen atoms in total. The highest BCUT2D eigenvalue weighted by molar-refractivity contribution is 6.04. The standard InChI is InChI=1S/C18H24N4O2.ClH/c1-12(2)11-22-18(24)15-8-4-3-7-14(15)16(21-22)17(23)20-10-13-6-5-9-19-13;/h3-4,7-8,12-13,19H,5-6,9-11H2,1-2H3,(H,20,23);1H. The Hall–Kier alpha value is -1.92. The van der Waals surface area contributed by atoms with Crippen molar-refractivity contribution >= 4 is 29.1 Å². The molecule has 0 saturated carbocycles. The van der Waals surface area contributed by atoms with Gasteiger partial charge in [0.15, 0.2) is 5.69 Å². The number of aromatic nitrogens is 2. The van der Waals surface area contributed by atoms with Crippen LogP contribution in [0.2, 0.25) is 0 Å². The van der Waals surface area contributed by atoms with Crippen molar-refractivity contribution in [3.63, 3.8) is 0 Å².